The Morgan fingerprint density at radius 1 is 0.833 bits per heavy atom. The van der Waals surface area contributed by atoms with E-state index in [1.54, 1.807) is 14.2 Å². The zero-order chi connectivity index (χ0) is 21.2. The lowest BCUT2D eigenvalue weighted by Gasteiger charge is -2.13. The smallest absolute Gasteiger partial charge is 0.239 e. The Kier molecular flexibility index (Phi) is 7.55. The first-order valence-corrected chi connectivity index (χ1v) is 9.73. The number of para-hydroxylation sites is 3. The lowest BCUT2D eigenvalue weighted by atomic mass is 10.1. The average Bonchev–Trinajstić information content (AvgIpc) is 2.79. The first-order chi connectivity index (χ1) is 14.7. The molecule has 0 atom stereocenters. The number of hydrogen-bond acceptors (Lipinski definition) is 5. The highest BCUT2D eigenvalue weighted by Gasteiger charge is 2.08. The number of carbonyl (C=O) groups is 1. The van der Waals surface area contributed by atoms with Gasteiger partial charge in [-0.15, -0.1) is 0 Å². The molecule has 30 heavy (non-hydrogen) atoms. The van der Waals surface area contributed by atoms with Gasteiger partial charge in [-0.2, -0.15) is 0 Å². The summed E-state index contributed by atoms with van der Waals surface area (Å²) in [4.78, 5) is 12.2. The van der Waals surface area contributed by atoms with Crippen molar-refractivity contribution in [3.05, 3.63) is 78.4 Å². The van der Waals surface area contributed by atoms with Crippen LogP contribution in [0.15, 0.2) is 72.8 Å². The molecular weight excluding hydrogens is 380 g/mol. The van der Waals surface area contributed by atoms with E-state index in [4.69, 9.17) is 14.2 Å². The van der Waals surface area contributed by atoms with Gasteiger partial charge in [-0.05, 0) is 48.4 Å². The van der Waals surface area contributed by atoms with E-state index < -0.39 is 0 Å². The SMILES string of the molecule is COc1ccc(CCNC(=O)CNc2ccccc2Oc2ccccc2)cc1OC. The molecule has 2 N–H and O–H groups in total. The zero-order valence-corrected chi connectivity index (χ0v) is 17.2. The van der Waals surface area contributed by atoms with Crippen LogP contribution in [0, 0.1) is 0 Å². The maximum atomic E-state index is 12.2. The van der Waals surface area contributed by atoms with Crippen LogP contribution in [0.1, 0.15) is 5.56 Å². The quantitative estimate of drug-likeness (QED) is 0.526. The number of methoxy groups -OCH3 is 2. The lowest BCUT2D eigenvalue weighted by Crippen LogP contribution is -2.31. The second kappa shape index (κ2) is 10.8. The molecule has 0 fully saturated rings. The van der Waals surface area contributed by atoms with Crippen LogP contribution in [0.4, 0.5) is 5.69 Å². The summed E-state index contributed by atoms with van der Waals surface area (Å²) in [5.74, 6) is 2.68. The van der Waals surface area contributed by atoms with Crippen molar-refractivity contribution >= 4 is 11.6 Å². The summed E-state index contributed by atoms with van der Waals surface area (Å²) in [6, 6.07) is 22.8. The summed E-state index contributed by atoms with van der Waals surface area (Å²) < 4.78 is 16.5. The topological polar surface area (TPSA) is 68.8 Å². The molecule has 3 aromatic rings. The van der Waals surface area contributed by atoms with Crippen LogP contribution in [-0.2, 0) is 11.2 Å². The molecule has 0 aliphatic heterocycles. The van der Waals surface area contributed by atoms with Crippen molar-refractivity contribution in [2.45, 2.75) is 6.42 Å². The molecule has 0 radical (unpaired) electrons. The van der Waals surface area contributed by atoms with Crippen LogP contribution in [0.2, 0.25) is 0 Å². The predicted molar refractivity (Wildman–Crippen MR) is 118 cm³/mol. The van der Waals surface area contributed by atoms with Crippen molar-refractivity contribution in [2.75, 3.05) is 32.6 Å². The van der Waals surface area contributed by atoms with Crippen molar-refractivity contribution in [1.29, 1.82) is 0 Å². The van der Waals surface area contributed by atoms with Gasteiger partial charge in [0.2, 0.25) is 5.91 Å². The molecule has 0 aliphatic rings. The Balaban J connectivity index is 1.48. The normalized spacial score (nSPS) is 10.2. The van der Waals surface area contributed by atoms with E-state index in [0.29, 0.717) is 30.2 Å². The molecule has 0 heterocycles. The number of hydrogen-bond donors (Lipinski definition) is 2. The number of ether oxygens (including phenoxy) is 3. The molecule has 1 amide bonds. The Hall–Kier alpha value is -3.67. The Labute approximate surface area is 176 Å². The monoisotopic (exact) mass is 406 g/mol. The molecule has 156 valence electrons. The molecule has 0 aliphatic carbocycles. The molecule has 3 aromatic carbocycles. The third-order valence-corrected chi connectivity index (χ3v) is 4.48. The Morgan fingerprint density at radius 3 is 2.33 bits per heavy atom. The molecule has 6 heteroatoms. The first-order valence-electron chi connectivity index (χ1n) is 9.73. The third-order valence-electron chi connectivity index (χ3n) is 4.48. The number of anilines is 1. The maximum absolute atomic E-state index is 12.2. The maximum Gasteiger partial charge on any atom is 0.239 e. The molecule has 3 rings (SSSR count). The summed E-state index contributed by atoms with van der Waals surface area (Å²) >= 11 is 0. The molecule has 0 saturated heterocycles. The van der Waals surface area contributed by atoms with Crippen LogP contribution >= 0.6 is 0 Å². The highest BCUT2D eigenvalue weighted by Crippen LogP contribution is 2.29. The highest BCUT2D eigenvalue weighted by molar-refractivity contribution is 5.81. The van der Waals surface area contributed by atoms with Gasteiger partial charge in [0.05, 0.1) is 26.5 Å². The van der Waals surface area contributed by atoms with Crippen molar-refractivity contribution in [3.8, 4) is 23.0 Å². The van der Waals surface area contributed by atoms with Gasteiger partial charge in [-0.3, -0.25) is 4.79 Å². The number of benzene rings is 3. The van der Waals surface area contributed by atoms with E-state index in [2.05, 4.69) is 10.6 Å². The van der Waals surface area contributed by atoms with Gasteiger partial charge < -0.3 is 24.8 Å². The zero-order valence-electron chi connectivity index (χ0n) is 17.2. The predicted octanol–water partition coefficient (Wildman–Crippen LogP) is 4.27. The van der Waals surface area contributed by atoms with Gasteiger partial charge in [0, 0.05) is 6.54 Å². The van der Waals surface area contributed by atoms with Crippen molar-refractivity contribution in [2.24, 2.45) is 0 Å². The summed E-state index contributed by atoms with van der Waals surface area (Å²) in [6.45, 7) is 0.680. The molecule has 0 saturated carbocycles. The van der Waals surface area contributed by atoms with E-state index in [1.807, 2.05) is 72.8 Å². The van der Waals surface area contributed by atoms with Gasteiger partial charge in [0.25, 0.3) is 0 Å². The summed E-state index contributed by atoms with van der Waals surface area (Å²) in [6.07, 6.45) is 0.694. The summed E-state index contributed by atoms with van der Waals surface area (Å²) in [7, 11) is 3.21. The highest BCUT2D eigenvalue weighted by atomic mass is 16.5. The fraction of sp³-hybridized carbons (Fsp3) is 0.208. The van der Waals surface area contributed by atoms with Crippen LogP contribution in [0.5, 0.6) is 23.0 Å². The van der Waals surface area contributed by atoms with Crippen molar-refractivity contribution < 1.29 is 19.0 Å². The first kappa shape index (κ1) is 21.0. The van der Waals surface area contributed by atoms with Crippen molar-refractivity contribution in [3.63, 3.8) is 0 Å². The summed E-state index contributed by atoms with van der Waals surface area (Å²) in [5, 5.41) is 6.06. The van der Waals surface area contributed by atoms with Gasteiger partial charge in [0.1, 0.15) is 5.75 Å². The molecule has 0 unspecified atom stereocenters. The Bertz CT molecular complexity index is 960. The van der Waals surface area contributed by atoms with Gasteiger partial charge >= 0.3 is 0 Å². The summed E-state index contributed by atoms with van der Waals surface area (Å²) in [5.41, 5.74) is 1.82. The number of nitrogens with one attached hydrogen (secondary N) is 2. The van der Waals surface area contributed by atoms with Crippen LogP contribution in [0.25, 0.3) is 0 Å². The van der Waals surface area contributed by atoms with E-state index in [9.17, 15) is 4.79 Å². The lowest BCUT2D eigenvalue weighted by molar-refractivity contribution is -0.119. The third kappa shape index (κ3) is 5.91. The van der Waals surface area contributed by atoms with Crippen molar-refractivity contribution in [1.82, 2.24) is 5.32 Å². The second-order valence-electron chi connectivity index (χ2n) is 6.55. The van der Waals surface area contributed by atoms with E-state index >= 15 is 0 Å². The van der Waals surface area contributed by atoms with E-state index in [0.717, 1.165) is 17.0 Å². The second-order valence-corrected chi connectivity index (χ2v) is 6.55. The molecule has 0 aromatic heterocycles. The minimum atomic E-state index is -0.0926. The van der Waals surface area contributed by atoms with E-state index in [-0.39, 0.29) is 12.5 Å². The number of carbonyl (C=O) groups excluding carboxylic acids is 1. The van der Waals surface area contributed by atoms with Crippen LogP contribution < -0.4 is 24.8 Å². The standard InChI is InChI=1S/C24H26N2O4/c1-28-22-13-12-18(16-23(22)29-2)14-15-25-24(27)17-26-20-10-6-7-11-21(20)30-19-8-4-3-5-9-19/h3-13,16,26H,14-15,17H2,1-2H3,(H,25,27). The Morgan fingerprint density at radius 2 is 1.57 bits per heavy atom. The largest absolute Gasteiger partial charge is 0.493 e. The van der Waals surface area contributed by atoms with E-state index in [1.165, 1.54) is 0 Å². The molecule has 0 spiro atoms. The van der Waals surface area contributed by atoms with Crippen LogP contribution in [0.3, 0.4) is 0 Å². The van der Waals surface area contributed by atoms with Crippen LogP contribution in [-0.4, -0.2) is 33.2 Å². The minimum Gasteiger partial charge on any atom is -0.493 e. The van der Waals surface area contributed by atoms with Gasteiger partial charge in [-0.25, -0.2) is 0 Å². The van der Waals surface area contributed by atoms with Gasteiger partial charge in [0.15, 0.2) is 17.2 Å². The molecule has 0 bridgehead atoms. The molecular formula is C24H26N2O4. The van der Waals surface area contributed by atoms with Gasteiger partial charge in [-0.1, -0.05) is 36.4 Å². The average molecular weight is 406 g/mol. The number of amides is 1. The fourth-order valence-electron chi connectivity index (χ4n) is 2.94. The molecule has 6 nitrogen and oxygen atoms in total. The number of rotatable bonds is 10. The minimum absolute atomic E-state index is 0.0926. The fourth-order valence-corrected chi connectivity index (χ4v) is 2.94.